The standard InChI is InChI=1S/C24H26NO4/c26-16-18-11-14-22(29-20-7-3-4-8-20)15-23(18)25-24(27)17-9-12-21(13-10-17)28-19-5-1-2-6-19/h9-15,19-20H,1-8H2,(H,25,27). The van der Waals surface area contributed by atoms with E-state index in [0.29, 0.717) is 22.6 Å². The highest BCUT2D eigenvalue weighted by atomic mass is 16.5. The summed E-state index contributed by atoms with van der Waals surface area (Å²) in [4.78, 5) is 23.9. The molecule has 151 valence electrons. The molecule has 2 aliphatic carbocycles. The van der Waals surface area contributed by atoms with Gasteiger partial charge < -0.3 is 14.8 Å². The van der Waals surface area contributed by atoms with E-state index < -0.39 is 0 Å². The van der Waals surface area contributed by atoms with Crippen LogP contribution in [-0.2, 0) is 4.79 Å². The highest BCUT2D eigenvalue weighted by Gasteiger charge is 2.19. The van der Waals surface area contributed by atoms with Crippen molar-refractivity contribution in [3.63, 3.8) is 0 Å². The maximum atomic E-state index is 12.7. The second-order valence-corrected chi connectivity index (χ2v) is 7.84. The SMILES string of the molecule is O=[C]c1ccc(OC2CCCC2)cc1NC(=O)c1ccc(OC2CCCC2)cc1. The summed E-state index contributed by atoms with van der Waals surface area (Å²) >= 11 is 0. The largest absolute Gasteiger partial charge is 0.490 e. The third kappa shape index (κ3) is 4.97. The van der Waals surface area contributed by atoms with Gasteiger partial charge in [0.25, 0.3) is 5.91 Å². The topological polar surface area (TPSA) is 64.6 Å². The second kappa shape index (κ2) is 9.12. The predicted molar refractivity (Wildman–Crippen MR) is 111 cm³/mol. The molecule has 0 saturated heterocycles. The third-order valence-corrected chi connectivity index (χ3v) is 5.68. The van der Waals surface area contributed by atoms with Gasteiger partial charge in [0.05, 0.1) is 17.9 Å². The minimum absolute atomic E-state index is 0.206. The minimum atomic E-state index is -0.285. The van der Waals surface area contributed by atoms with Crippen LogP contribution in [0.3, 0.4) is 0 Å². The zero-order valence-electron chi connectivity index (χ0n) is 16.5. The van der Waals surface area contributed by atoms with Gasteiger partial charge in [-0.05, 0) is 87.8 Å². The molecule has 1 amide bonds. The average molecular weight is 392 g/mol. The predicted octanol–water partition coefficient (Wildman–Crippen LogP) is 5.04. The van der Waals surface area contributed by atoms with E-state index in [1.54, 1.807) is 30.3 Å². The zero-order valence-corrected chi connectivity index (χ0v) is 16.5. The molecule has 5 heteroatoms. The average Bonchev–Trinajstić information content (AvgIpc) is 3.43. The summed E-state index contributed by atoms with van der Waals surface area (Å²) in [5, 5.41) is 2.81. The highest BCUT2D eigenvalue weighted by Crippen LogP contribution is 2.28. The summed E-state index contributed by atoms with van der Waals surface area (Å²) < 4.78 is 11.9. The molecule has 0 spiro atoms. The fourth-order valence-corrected chi connectivity index (χ4v) is 4.07. The van der Waals surface area contributed by atoms with E-state index in [0.717, 1.165) is 31.4 Å². The van der Waals surface area contributed by atoms with Crippen LogP contribution in [0.4, 0.5) is 5.69 Å². The fourth-order valence-electron chi connectivity index (χ4n) is 4.07. The van der Waals surface area contributed by atoms with Crippen LogP contribution in [0.2, 0.25) is 0 Å². The van der Waals surface area contributed by atoms with Gasteiger partial charge in [0, 0.05) is 17.2 Å². The van der Waals surface area contributed by atoms with Gasteiger partial charge in [0.2, 0.25) is 6.29 Å². The van der Waals surface area contributed by atoms with Crippen molar-refractivity contribution in [2.24, 2.45) is 0 Å². The van der Waals surface area contributed by atoms with E-state index in [1.165, 1.54) is 25.7 Å². The smallest absolute Gasteiger partial charge is 0.255 e. The molecule has 29 heavy (non-hydrogen) atoms. The van der Waals surface area contributed by atoms with Gasteiger partial charge in [-0.2, -0.15) is 0 Å². The Labute approximate surface area is 171 Å². The number of hydrogen-bond donors (Lipinski definition) is 1. The molecule has 4 rings (SSSR count). The fraction of sp³-hybridized carbons (Fsp3) is 0.417. The van der Waals surface area contributed by atoms with Crippen molar-refractivity contribution in [1.82, 2.24) is 0 Å². The van der Waals surface area contributed by atoms with E-state index in [4.69, 9.17) is 9.47 Å². The normalized spacial score (nSPS) is 17.2. The molecule has 5 nitrogen and oxygen atoms in total. The van der Waals surface area contributed by atoms with Crippen LogP contribution in [0.1, 0.15) is 67.3 Å². The first kappa shape index (κ1) is 19.5. The molecule has 2 aliphatic rings. The zero-order chi connectivity index (χ0) is 20.1. The van der Waals surface area contributed by atoms with E-state index in [1.807, 2.05) is 18.4 Å². The Morgan fingerprint density at radius 3 is 1.97 bits per heavy atom. The van der Waals surface area contributed by atoms with Gasteiger partial charge in [-0.3, -0.25) is 9.59 Å². The van der Waals surface area contributed by atoms with E-state index >= 15 is 0 Å². The summed E-state index contributed by atoms with van der Waals surface area (Å²) in [6, 6.07) is 12.2. The lowest BCUT2D eigenvalue weighted by Gasteiger charge is -2.15. The number of benzene rings is 2. The summed E-state index contributed by atoms with van der Waals surface area (Å²) in [5.41, 5.74) is 1.22. The van der Waals surface area contributed by atoms with Gasteiger partial charge in [-0.1, -0.05) is 0 Å². The number of amides is 1. The van der Waals surface area contributed by atoms with E-state index in [-0.39, 0.29) is 18.1 Å². The summed E-state index contributed by atoms with van der Waals surface area (Å²) in [7, 11) is 0. The number of carbonyl (C=O) groups is 1. The molecule has 2 aromatic rings. The van der Waals surface area contributed by atoms with Crippen LogP contribution in [0, 0.1) is 0 Å². The Kier molecular flexibility index (Phi) is 6.13. The van der Waals surface area contributed by atoms with Crippen LogP contribution < -0.4 is 14.8 Å². The monoisotopic (exact) mass is 392 g/mol. The molecular formula is C24H26NO4. The maximum absolute atomic E-state index is 12.7. The number of hydrogen-bond acceptors (Lipinski definition) is 4. The van der Waals surface area contributed by atoms with Crippen molar-refractivity contribution in [1.29, 1.82) is 0 Å². The number of carbonyl (C=O) groups excluding carboxylic acids is 2. The van der Waals surface area contributed by atoms with Crippen LogP contribution in [0.25, 0.3) is 0 Å². The highest BCUT2D eigenvalue weighted by molar-refractivity contribution is 6.06. The van der Waals surface area contributed by atoms with Crippen LogP contribution in [-0.4, -0.2) is 24.4 Å². The Balaban J connectivity index is 1.42. The Bertz CT molecular complexity index is 850. The Morgan fingerprint density at radius 1 is 0.828 bits per heavy atom. The molecule has 1 radical (unpaired) electrons. The van der Waals surface area contributed by atoms with Crippen LogP contribution >= 0.6 is 0 Å². The lowest BCUT2D eigenvalue weighted by Crippen LogP contribution is -2.15. The van der Waals surface area contributed by atoms with Gasteiger partial charge in [-0.25, -0.2) is 0 Å². The van der Waals surface area contributed by atoms with Crippen molar-refractivity contribution < 1.29 is 19.1 Å². The quantitative estimate of drug-likeness (QED) is 0.717. The van der Waals surface area contributed by atoms with E-state index in [9.17, 15) is 9.59 Å². The lowest BCUT2D eigenvalue weighted by molar-refractivity contribution is 0.102. The Morgan fingerprint density at radius 2 is 1.38 bits per heavy atom. The summed E-state index contributed by atoms with van der Waals surface area (Å²) in [6.07, 6.45) is 11.4. The molecule has 0 aliphatic heterocycles. The minimum Gasteiger partial charge on any atom is -0.490 e. The van der Waals surface area contributed by atoms with Crippen molar-refractivity contribution in [3.05, 3.63) is 53.6 Å². The molecule has 2 aromatic carbocycles. The van der Waals surface area contributed by atoms with Crippen molar-refractivity contribution >= 4 is 17.9 Å². The third-order valence-electron chi connectivity index (χ3n) is 5.68. The molecule has 0 bridgehead atoms. The van der Waals surface area contributed by atoms with Gasteiger partial charge >= 0.3 is 0 Å². The maximum Gasteiger partial charge on any atom is 0.255 e. The van der Waals surface area contributed by atoms with Crippen molar-refractivity contribution in [2.45, 2.75) is 63.6 Å². The summed E-state index contributed by atoms with van der Waals surface area (Å²) in [5.74, 6) is 1.15. The molecule has 0 unspecified atom stereocenters. The van der Waals surface area contributed by atoms with Crippen molar-refractivity contribution in [2.75, 3.05) is 5.32 Å². The summed E-state index contributed by atoms with van der Waals surface area (Å²) in [6.45, 7) is 0. The number of rotatable bonds is 7. The van der Waals surface area contributed by atoms with Crippen molar-refractivity contribution in [3.8, 4) is 11.5 Å². The first-order chi connectivity index (χ1) is 14.2. The number of ether oxygens (including phenoxy) is 2. The molecule has 0 heterocycles. The molecule has 2 saturated carbocycles. The van der Waals surface area contributed by atoms with E-state index in [2.05, 4.69) is 5.32 Å². The molecule has 1 N–H and O–H groups in total. The Hall–Kier alpha value is -2.82. The van der Waals surface area contributed by atoms with Crippen LogP contribution in [0.15, 0.2) is 42.5 Å². The van der Waals surface area contributed by atoms with Gasteiger partial charge in [0.15, 0.2) is 0 Å². The lowest BCUT2D eigenvalue weighted by atomic mass is 10.1. The number of nitrogens with one attached hydrogen (secondary N) is 1. The number of anilines is 1. The first-order valence-electron chi connectivity index (χ1n) is 10.5. The molecule has 0 aromatic heterocycles. The van der Waals surface area contributed by atoms with Gasteiger partial charge in [-0.15, -0.1) is 0 Å². The molecule has 0 atom stereocenters. The first-order valence-corrected chi connectivity index (χ1v) is 10.5. The van der Waals surface area contributed by atoms with Gasteiger partial charge in [0.1, 0.15) is 11.5 Å². The molecule has 2 fully saturated rings. The van der Waals surface area contributed by atoms with Crippen LogP contribution in [0.5, 0.6) is 11.5 Å². The second-order valence-electron chi connectivity index (χ2n) is 7.84. The molecular weight excluding hydrogens is 366 g/mol.